The summed E-state index contributed by atoms with van der Waals surface area (Å²) >= 11 is 0. The van der Waals surface area contributed by atoms with E-state index in [0.717, 1.165) is 11.1 Å². The molecule has 0 aromatic heterocycles. The Morgan fingerprint density at radius 1 is 1.00 bits per heavy atom. The van der Waals surface area contributed by atoms with Gasteiger partial charge >= 0.3 is 0 Å². The Morgan fingerprint density at radius 3 is 2.24 bits per heavy atom. The van der Waals surface area contributed by atoms with Crippen LogP contribution in [0, 0.1) is 11.3 Å². The minimum absolute atomic E-state index is 0.664. The van der Waals surface area contributed by atoms with Crippen LogP contribution in [-0.4, -0.2) is 14.1 Å². The lowest BCUT2D eigenvalue weighted by Crippen LogP contribution is -2.07. The summed E-state index contributed by atoms with van der Waals surface area (Å²) in [5.74, 6) is 0. The monoisotopic (exact) mass is 274 g/mol. The normalized spacial score (nSPS) is 11.4. The number of rotatable bonds is 4. The first-order chi connectivity index (χ1) is 10.2. The van der Waals surface area contributed by atoms with Gasteiger partial charge in [-0.2, -0.15) is 5.26 Å². The zero-order valence-electron chi connectivity index (χ0n) is 12.3. The predicted octanol–water partition coefficient (Wildman–Crippen LogP) is 4.37. The van der Waals surface area contributed by atoms with E-state index in [9.17, 15) is 5.26 Å². The quantitative estimate of drug-likeness (QED) is 0.611. The van der Waals surface area contributed by atoms with Crippen LogP contribution in [0.5, 0.6) is 0 Å². The highest BCUT2D eigenvalue weighted by atomic mass is 15.1. The van der Waals surface area contributed by atoms with Gasteiger partial charge in [-0.05, 0) is 29.3 Å². The fourth-order valence-electron chi connectivity index (χ4n) is 1.95. The molecule has 0 spiro atoms. The maximum Gasteiger partial charge on any atom is 0.0997 e. The van der Waals surface area contributed by atoms with Crippen molar-refractivity contribution in [1.29, 1.82) is 5.26 Å². The van der Waals surface area contributed by atoms with Crippen LogP contribution in [0.15, 0.2) is 66.7 Å². The fourth-order valence-corrected chi connectivity index (χ4v) is 1.95. The van der Waals surface area contributed by atoms with Crippen molar-refractivity contribution in [3.63, 3.8) is 0 Å². The molecule has 2 nitrogen and oxygen atoms in total. The van der Waals surface area contributed by atoms with Crippen LogP contribution < -0.4 is 4.90 Å². The maximum absolute atomic E-state index is 9.22. The Morgan fingerprint density at radius 2 is 1.67 bits per heavy atom. The molecule has 21 heavy (non-hydrogen) atoms. The van der Waals surface area contributed by atoms with Gasteiger partial charge in [0.25, 0.3) is 0 Å². The van der Waals surface area contributed by atoms with Crippen LogP contribution in [-0.2, 0) is 0 Å². The lowest BCUT2D eigenvalue weighted by atomic mass is 10.1. The van der Waals surface area contributed by atoms with Crippen molar-refractivity contribution >= 4 is 17.3 Å². The molecule has 0 atom stereocenters. The average molecular weight is 274 g/mol. The van der Waals surface area contributed by atoms with E-state index in [0.29, 0.717) is 5.57 Å². The number of allylic oxidation sites excluding steroid dienone is 3. The summed E-state index contributed by atoms with van der Waals surface area (Å²) < 4.78 is 0. The molecule has 0 N–H and O–H groups in total. The van der Waals surface area contributed by atoms with Crippen molar-refractivity contribution in [2.45, 2.75) is 0 Å². The minimum Gasteiger partial charge on any atom is -0.378 e. The molecule has 0 amide bonds. The van der Waals surface area contributed by atoms with E-state index in [2.05, 4.69) is 35.2 Å². The van der Waals surface area contributed by atoms with Crippen molar-refractivity contribution in [2.75, 3.05) is 19.0 Å². The highest BCUT2D eigenvalue weighted by Crippen LogP contribution is 2.15. The van der Waals surface area contributed by atoms with E-state index in [1.807, 2.05) is 62.7 Å². The highest BCUT2D eigenvalue weighted by Gasteiger charge is 1.97. The highest BCUT2D eigenvalue weighted by molar-refractivity contribution is 5.78. The average Bonchev–Trinajstić information content (AvgIpc) is 2.53. The van der Waals surface area contributed by atoms with Gasteiger partial charge in [0.15, 0.2) is 0 Å². The molecule has 0 fully saturated rings. The Labute approximate surface area is 126 Å². The van der Waals surface area contributed by atoms with E-state index in [4.69, 9.17) is 0 Å². The fraction of sp³-hybridized carbons (Fsp3) is 0.105. The molecular weight excluding hydrogens is 256 g/mol. The van der Waals surface area contributed by atoms with Crippen LogP contribution in [0.2, 0.25) is 0 Å². The Hall–Kier alpha value is -2.79. The number of benzene rings is 2. The number of nitriles is 1. The molecular formula is C19H18N2. The first kappa shape index (κ1) is 14.6. The molecule has 0 unspecified atom stereocenters. The summed E-state index contributed by atoms with van der Waals surface area (Å²) in [7, 11) is 4.04. The van der Waals surface area contributed by atoms with Crippen LogP contribution in [0.1, 0.15) is 11.1 Å². The van der Waals surface area contributed by atoms with Crippen molar-refractivity contribution in [1.82, 2.24) is 0 Å². The second kappa shape index (κ2) is 7.12. The molecule has 2 aromatic rings. The second-order valence-electron chi connectivity index (χ2n) is 4.90. The zero-order valence-corrected chi connectivity index (χ0v) is 12.3. The zero-order chi connectivity index (χ0) is 15.1. The molecule has 0 aliphatic rings. The summed E-state index contributed by atoms with van der Waals surface area (Å²) in [5.41, 5.74) is 3.89. The van der Waals surface area contributed by atoms with Gasteiger partial charge in [-0.15, -0.1) is 0 Å². The van der Waals surface area contributed by atoms with Gasteiger partial charge < -0.3 is 4.90 Å². The van der Waals surface area contributed by atoms with Crippen molar-refractivity contribution < 1.29 is 0 Å². The van der Waals surface area contributed by atoms with E-state index in [1.165, 1.54) is 5.69 Å². The molecule has 0 radical (unpaired) electrons. The molecule has 0 bridgehead atoms. The third kappa shape index (κ3) is 4.09. The summed E-state index contributed by atoms with van der Waals surface area (Å²) in [5, 5.41) is 9.22. The van der Waals surface area contributed by atoms with Crippen LogP contribution in [0.3, 0.4) is 0 Å². The molecule has 104 valence electrons. The molecule has 0 saturated carbocycles. The van der Waals surface area contributed by atoms with E-state index >= 15 is 0 Å². The van der Waals surface area contributed by atoms with E-state index in [-0.39, 0.29) is 0 Å². The molecule has 2 heteroatoms. The van der Waals surface area contributed by atoms with Crippen LogP contribution in [0.25, 0.3) is 11.6 Å². The molecule has 0 saturated heterocycles. The van der Waals surface area contributed by atoms with Gasteiger partial charge in [-0.3, -0.25) is 0 Å². The van der Waals surface area contributed by atoms with Crippen molar-refractivity contribution in [2.24, 2.45) is 0 Å². The summed E-state index contributed by atoms with van der Waals surface area (Å²) in [6.07, 6.45) is 5.76. The van der Waals surface area contributed by atoms with Gasteiger partial charge in [0.2, 0.25) is 0 Å². The van der Waals surface area contributed by atoms with Gasteiger partial charge in [-0.1, -0.05) is 54.6 Å². The molecule has 2 rings (SSSR count). The van der Waals surface area contributed by atoms with Gasteiger partial charge in [0.05, 0.1) is 11.6 Å². The van der Waals surface area contributed by atoms with Crippen LogP contribution >= 0.6 is 0 Å². The Bertz CT molecular complexity index is 672. The smallest absolute Gasteiger partial charge is 0.0997 e. The van der Waals surface area contributed by atoms with Crippen LogP contribution in [0.4, 0.5) is 5.69 Å². The van der Waals surface area contributed by atoms with Gasteiger partial charge in [0, 0.05) is 19.8 Å². The summed E-state index contributed by atoms with van der Waals surface area (Å²) in [6.45, 7) is 0. The molecule has 0 aliphatic carbocycles. The summed E-state index contributed by atoms with van der Waals surface area (Å²) in [4.78, 5) is 2.07. The number of hydrogen-bond donors (Lipinski definition) is 0. The number of anilines is 1. The lowest BCUT2D eigenvalue weighted by Gasteiger charge is -2.11. The maximum atomic E-state index is 9.22. The molecule has 0 aliphatic heterocycles. The van der Waals surface area contributed by atoms with E-state index < -0.39 is 0 Å². The third-order valence-corrected chi connectivity index (χ3v) is 3.17. The second-order valence-corrected chi connectivity index (χ2v) is 4.90. The Balaban J connectivity index is 2.13. The van der Waals surface area contributed by atoms with Crippen molar-refractivity contribution in [3.05, 3.63) is 77.9 Å². The predicted molar refractivity (Wildman–Crippen MR) is 89.8 cm³/mol. The van der Waals surface area contributed by atoms with E-state index in [1.54, 1.807) is 0 Å². The minimum atomic E-state index is 0.664. The lowest BCUT2D eigenvalue weighted by molar-refractivity contribution is 1.13. The Kier molecular flexibility index (Phi) is 4.95. The number of nitrogens with zero attached hydrogens (tertiary/aromatic N) is 2. The summed E-state index contributed by atoms with van der Waals surface area (Å²) in [6, 6.07) is 20.2. The largest absolute Gasteiger partial charge is 0.378 e. The first-order valence-electron chi connectivity index (χ1n) is 6.82. The van der Waals surface area contributed by atoms with Crippen molar-refractivity contribution in [3.8, 4) is 6.07 Å². The topological polar surface area (TPSA) is 27.0 Å². The first-order valence-corrected chi connectivity index (χ1v) is 6.82. The molecule has 0 heterocycles. The van der Waals surface area contributed by atoms with Gasteiger partial charge in [0.1, 0.15) is 0 Å². The standard InChI is InChI=1S/C19H18N2/c1-21(2)19-13-11-16(12-14-19)7-6-10-18(15-20)17-8-4-3-5-9-17/h3-14H,1-2H3. The molecule has 2 aromatic carbocycles. The SMILES string of the molecule is CN(C)c1ccc(C=CC=C(C#N)c2ccccc2)cc1. The number of hydrogen-bond acceptors (Lipinski definition) is 2. The third-order valence-electron chi connectivity index (χ3n) is 3.17. The van der Waals surface area contributed by atoms with Gasteiger partial charge in [-0.25, -0.2) is 0 Å².